The fourth-order valence-electron chi connectivity index (χ4n) is 3.52. The predicted octanol–water partition coefficient (Wildman–Crippen LogP) is 3.65. The first-order chi connectivity index (χ1) is 12.5. The number of carbonyl (C=O) groups is 2. The Hall–Kier alpha value is -2.63. The molecular weight excluding hydrogens is 337 g/mol. The molecule has 0 bridgehead atoms. The molecule has 0 unspecified atom stereocenters. The Balaban J connectivity index is 1.62. The van der Waals surface area contributed by atoms with Crippen LogP contribution in [-0.4, -0.2) is 18.5 Å². The van der Waals surface area contributed by atoms with Gasteiger partial charge in [-0.25, -0.2) is 4.39 Å². The smallest absolute Gasteiger partial charge is 0.317 e. The molecule has 1 N–H and O–H groups in total. The highest BCUT2D eigenvalue weighted by atomic mass is 19.1. The third-order valence-corrected chi connectivity index (χ3v) is 4.93. The number of carbonyl (C=O) groups excluding carboxylic acids is 2. The Morgan fingerprint density at radius 3 is 2.54 bits per heavy atom. The van der Waals surface area contributed by atoms with Crippen LogP contribution >= 0.6 is 0 Å². The summed E-state index contributed by atoms with van der Waals surface area (Å²) in [5, 5.41) is 2.73. The van der Waals surface area contributed by atoms with E-state index >= 15 is 0 Å². The van der Waals surface area contributed by atoms with Crippen LogP contribution in [0, 0.1) is 5.82 Å². The first-order valence-electron chi connectivity index (χ1n) is 8.77. The minimum atomic E-state index is -0.791. The molecule has 1 aliphatic rings. The maximum atomic E-state index is 13.2. The van der Waals surface area contributed by atoms with Gasteiger partial charge in [0.2, 0.25) is 0 Å². The number of esters is 1. The van der Waals surface area contributed by atoms with Crippen LogP contribution in [0.2, 0.25) is 0 Å². The summed E-state index contributed by atoms with van der Waals surface area (Å²) in [5.74, 6) is -0.540. The van der Waals surface area contributed by atoms with Gasteiger partial charge in [-0.15, -0.1) is 0 Å². The van der Waals surface area contributed by atoms with Crippen molar-refractivity contribution < 1.29 is 23.1 Å². The van der Waals surface area contributed by atoms with Gasteiger partial charge in [-0.05, 0) is 49.6 Å². The third kappa shape index (κ3) is 3.79. The van der Waals surface area contributed by atoms with E-state index < -0.39 is 17.3 Å². The summed E-state index contributed by atoms with van der Waals surface area (Å²) in [7, 11) is 0. The molecule has 0 spiro atoms. The Bertz CT molecular complexity index is 749. The van der Waals surface area contributed by atoms with Gasteiger partial charge in [0.1, 0.15) is 11.6 Å². The van der Waals surface area contributed by atoms with Gasteiger partial charge in [-0.1, -0.05) is 25.0 Å². The van der Waals surface area contributed by atoms with Gasteiger partial charge >= 0.3 is 5.97 Å². The zero-order chi connectivity index (χ0) is 18.6. The fraction of sp³-hybridized carbons (Fsp3) is 0.400. The molecule has 1 aromatic carbocycles. The van der Waals surface area contributed by atoms with Crippen molar-refractivity contribution in [2.45, 2.75) is 44.1 Å². The molecule has 1 aromatic heterocycles. The number of amides is 1. The van der Waals surface area contributed by atoms with Crippen molar-refractivity contribution in [1.29, 1.82) is 0 Å². The molecule has 1 heterocycles. The van der Waals surface area contributed by atoms with Crippen molar-refractivity contribution in [3.05, 3.63) is 59.8 Å². The topological polar surface area (TPSA) is 68.5 Å². The van der Waals surface area contributed by atoms with Crippen LogP contribution in [0.25, 0.3) is 0 Å². The number of ether oxygens (including phenoxy) is 1. The first kappa shape index (κ1) is 18.2. The molecule has 0 saturated heterocycles. The lowest BCUT2D eigenvalue weighted by Crippen LogP contribution is -2.38. The number of halogens is 1. The van der Waals surface area contributed by atoms with Crippen LogP contribution in [-0.2, 0) is 19.7 Å². The highest BCUT2D eigenvalue weighted by Crippen LogP contribution is 2.42. The maximum absolute atomic E-state index is 13.2. The fourth-order valence-corrected chi connectivity index (χ4v) is 3.52. The largest absolute Gasteiger partial charge is 0.467 e. The molecule has 1 saturated carbocycles. The Morgan fingerprint density at radius 1 is 1.23 bits per heavy atom. The quantitative estimate of drug-likeness (QED) is 0.800. The van der Waals surface area contributed by atoms with E-state index in [1.165, 1.54) is 18.4 Å². The minimum absolute atomic E-state index is 0.311. The molecule has 3 rings (SSSR count). The van der Waals surface area contributed by atoms with E-state index in [9.17, 15) is 14.0 Å². The van der Waals surface area contributed by atoms with Crippen LogP contribution in [0.3, 0.4) is 0 Å². The van der Waals surface area contributed by atoms with Gasteiger partial charge in [-0.2, -0.15) is 0 Å². The molecule has 1 fully saturated rings. The Labute approximate surface area is 151 Å². The van der Waals surface area contributed by atoms with Crippen molar-refractivity contribution in [2.24, 2.45) is 0 Å². The second-order valence-electron chi connectivity index (χ2n) is 6.68. The van der Waals surface area contributed by atoms with Gasteiger partial charge in [0.25, 0.3) is 5.91 Å². The van der Waals surface area contributed by atoms with Crippen LogP contribution < -0.4 is 5.32 Å². The van der Waals surface area contributed by atoms with Gasteiger partial charge in [0, 0.05) is 0 Å². The lowest BCUT2D eigenvalue weighted by atomic mass is 9.79. The third-order valence-electron chi connectivity index (χ3n) is 4.93. The van der Waals surface area contributed by atoms with Crippen molar-refractivity contribution in [1.82, 2.24) is 5.32 Å². The number of hydrogen-bond donors (Lipinski definition) is 1. The second kappa shape index (κ2) is 7.72. The molecule has 5 nitrogen and oxygen atoms in total. The molecule has 1 aliphatic carbocycles. The molecule has 6 heteroatoms. The van der Waals surface area contributed by atoms with Crippen molar-refractivity contribution in [3.8, 4) is 0 Å². The lowest BCUT2D eigenvalue weighted by Gasteiger charge is -2.27. The molecule has 138 valence electrons. The molecule has 1 amide bonds. The van der Waals surface area contributed by atoms with E-state index in [2.05, 4.69) is 5.32 Å². The molecule has 0 aliphatic heterocycles. The number of furan rings is 1. The number of nitrogens with one attached hydrogen (secondary N) is 1. The average molecular weight is 359 g/mol. The number of hydrogen-bond acceptors (Lipinski definition) is 4. The van der Waals surface area contributed by atoms with Gasteiger partial charge in [0.15, 0.2) is 6.61 Å². The predicted molar refractivity (Wildman–Crippen MR) is 92.8 cm³/mol. The highest BCUT2D eigenvalue weighted by molar-refractivity contribution is 5.86. The second-order valence-corrected chi connectivity index (χ2v) is 6.68. The summed E-state index contributed by atoms with van der Waals surface area (Å²) in [5.41, 5.74) is -0.0496. The standard InChI is InChI=1S/C20H22FNO4/c1-14(17-5-4-12-25-17)22-18(23)13-26-19(24)20(10-2-3-11-20)15-6-8-16(21)9-7-15/h4-9,12,14H,2-3,10-11,13H2,1H3,(H,22,23)/t14-/m0/s1. The van der Waals surface area contributed by atoms with E-state index in [4.69, 9.17) is 9.15 Å². The summed E-state index contributed by atoms with van der Waals surface area (Å²) in [4.78, 5) is 24.8. The lowest BCUT2D eigenvalue weighted by molar-refractivity contribution is -0.154. The Morgan fingerprint density at radius 2 is 1.92 bits per heavy atom. The van der Waals surface area contributed by atoms with Gasteiger partial charge < -0.3 is 14.5 Å². The summed E-state index contributed by atoms with van der Waals surface area (Å²) in [6, 6.07) is 9.14. The minimum Gasteiger partial charge on any atom is -0.467 e. The molecular formula is C20H22FNO4. The molecule has 26 heavy (non-hydrogen) atoms. The average Bonchev–Trinajstić information content (AvgIpc) is 3.32. The number of rotatable bonds is 6. The monoisotopic (exact) mass is 359 g/mol. The molecule has 0 radical (unpaired) electrons. The van der Waals surface area contributed by atoms with Crippen LogP contribution in [0.5, 0.6) is 0 Å². The van der Waals surface area contributed by atoms with E-state index in [0.717, 1.165) is 18.4 Å². The first-order valence-corrected chi connectivity index (χ1v) is 8.77. The SMILES string of the molecule is C[C@H](NC(=O)COC(=O)C1(c2ccc(F)cc2)CCCC1)c1ccco1. The van der Waals surface area contributed by atoms with Crippen molar-refractivity contribution in [3.63, 3.8) is 0 Å². The van der Waals surface area contributed by atoms with Gasteiger partial charge in [0.05, 0.1) is 17.7 Å². The summed E-state index contributed by atoms with van der Waals surface area (Å²) in [6.45, 7) is 1.43. The van der Waals surface area contributed by atoms with Crippen LogP contribution in [0.1, 0.15) is 50.0 Å². The Kier molecular flexibility index (Phi) is 5.40. The van der Waals surface area contributed by atoms with E-state index in [1.807, 2.05) is 0 Å². The normalized spacial score (nSPS) is 16.8. The molecule has 2 aromatic rings. The summed E-state index contributed by atoms with van der Waals surface area (Å²) < 4.78 is 23.8. The van der Waals surface area contributed by atoms with E-state index in [0.29, 0.717) is 18.6 Å². The highest BCUT2D eigenvalue weighted by Gasteiger charge is 2.44. The van der Waals surface area contributed by atoms with Crippen molar-refractivity contribution >= 4 is 11.9 Å². The summed E-state index contributed by atoms with van der Waals surface area (Å²) >= 11 is 0. The molecule has 1 atom stereocenters. The summed E-state index contributed by atoms with van der Waals surface area (Å²) in [6.07, 6.45) is 4.61. The number of benzene rings is 1. The van der Waals surface area contributed by atoms with Gasteiger partial charge in [-0.3, -0.25) is 9.59 Å². The van der Waals surface area contributed by atoms with E-state index in [-0.39, 0.29) is 18.5 Å². The van der Waals surface area contributed by atoms with Crippen LogP contribution in [0.4, 0.5) is 4.39 Å². The maximum Gasteiger partial charge on any atom is 0.317 e. The van der Waals surface area contributed by atoms with Crippen molar-refractivity contribution in [2.75, 3.05) is 6.61 Å². The van der Waals surface area contributed by atoms with Crippen LogP contribution in [0.15, 0.2) is 47.1 Å². The zero-order valence-corrected chi connectivity index (χ0v) is 14.7. The van der Waals surface area contributed by atoms with E-state index in [1.54, 1.807) is 31.2 Å². The zero-order valence-electron chi connectivity index (χ0n) is 14.7.